The number of aliphatic hydroxyl groups is 3. The third-order valence-electron chi connectivity index (χ3n) is 4.84. The van der Waals surface area contributed by atoms with Gasteiger partial charge in [0.25, 0.3) is 0 Å². The summed E-state index contributed by atoms with van der Waals surface area (Å²) in [6.07, 6.45) is 1.04. The molecule has 12 nitrogen and oxygen atoms in total. The average Bonchev–Trinajstić information content (AvgIpc) is 2.77. The molecule has 0 radical (unpaired) electrons. The van der Waals surface area contributed by atoms with Gasteiger partial charge in [-0.3, -0.25) is 4.98 Å². The fourth-order valence-electron chi connectivity index (χ4n) is 3.17. The number of hydrogen-bond donors (Lipinski definition) is 5. The molecule has 2 rings (SSSR count). The van der Waals surface area contributed by atoms with Gasteiger partial charge in [0, 0.05) is 19.3 Å². The van der Waals surface area contributed by atoms with Crippen LogP contribution < -0.4 is 10.6 Å². The average molecular weight is 487 g/mol. The number of nitrogens with zero attached hydrogens (tertiary/aromatic N) is 2. The normalized spacial score (nSPS) is 22.9. The molecule has 0 saturated carbocycles. The van der Waals surface area contributed by atoms with Gasteiger partial charge in [0.2, 0.25) is 0 Å². The highest BCUT2D eigenvalue weighted by atomic mass is 16.6. The maximum Gasteiger partial charge on any atom is 0.407 e. The number of anilines is 1. The SMILES string of the molecule is CC(C)(C)OC(=O)NCCOCCOCCCc1cncc(N[C@H]2CO[C@H](CO)[C@H](O)[C@@H]2O)n1. The third kappa shape index (κ3) is 10.5. The van der Waals surface area contributed by atoms with Crippen molar-refractivity contribution >= 4 is 11.9 Å². The summed E-state index contributed by atoms with van der Waals surface area (Å²) in [4.78, 5) is 20.1. The van der Waals surface area contributed by atoms with Crippen molar-refractivity contribution in [1.29, 1.82) is 0 Å². The summed E-state index contributed by atoms with van der Waals surface area (Å²) in [5.41, 5.74) is 0.238. The molecule has 1 amide bonds. The number of carbonyl (C=O) groups is 1. The van der Waals surface area contributed by atoms with Gasteiger partial charge in [0.1, 0.15) is 29.7 Å². The second-order valence-corrected chi connectivity index (χ2v) is 8.94. The van der Waals surface area contributed by atoms with Crippen LogP contribution in [0.5, 0.6) is 0 Å². The van der Waals surface area contributed by atoms with E-state index in [0.717, 1.165) is 12.1 Å². The number of rotatable bonds is 13. The van der Waals surface area contributed by atoms with E-state index in [1.54, 1.807) is 27.0 Å². The van der Waals surface area contributed by atoms with E-state index in [4.69, 9.17) is 24.1 Å². The van der Waals surface area contributed by atoms with Gasteiger partial charge >= 0.3 is 6.09 Å². The molecule has 4 atom stereocenters. The Bertz CT molecular complexity index is 733. The van der Waals surface area contributed by atoms with E-state index in [0.29, 0.717) is 45.2 Å². The molecule has 1 aromatic heterocycles. The molecule has 1 aliphatic rings. The van der Waals surface area contributed by atoms with Crippen LogP contribution >= 0.6 is 0 Å². The largest absolute Gasteiger partial charge is 0.444 e. The van der Waals surface area contributed by atoms with Crippen molar-refractivity contribution in [2.75, 3.05) is 51.5 Å². The van der Waals surface area contributed by atoms with Crippen molar-refractivity contribution in [1.82, 2.24) is 15.3 Å². The summed E-state index contributed by atoms with van der Waals surface area (Å²) in [6.45, 7) is 7.31. The Morgan fingerprint density at radius 3 is 2.59 bits per heavy atom. The predicted molar refractivity (Wildman–Crippen MR) is 122 cm³/mol. The minimum atomic E-state index is -1.19. The molecule has 2 heterocycles. The Hall–Kier alpha value is -2.09. The first-order chi connectivity index (χ1) is 16.2. The van der Waals surface area contributed by atoms with Crippen molar-refractivity contribution in [3.63, 3.8) is 0 Å². The molecule has 0 aromatic carbocycles. The van der Waals surface area contributed by atoms with Crippen molar-refractivity contribution in [2.45, 2.75) is 63.6 Å². The van der Waals surface area contributed by atoms with E-state index < -0.39 is 36.0 Å². The zero-order valence-corrected chi connectivity index (χ0v) is 20.1. The van der Waals surface area contributed by atoms with Crippen LogP contribution in [0.4, 0.5) is 10.6 Å². The standard InChI is InChI=1S/C22H38N4O8/c1-22(2,3)34-21(30)24-6-8-32-10-9-31-7-4-5-15-11-23-12-18(25-15)26-16-14-33-17(13-27)20(29)19(16)28/h11-12,16-17,19-20,27-29H,4-10,13-14H2,1-3H3,(H,24,30)(H,25,26)/t16-,17+,19+,20-/m0/s1. The lowest BCUT2D eigenvalue weighted by Gasteiger charge is -2.37. The van der Waals surface area contributed by atoms with Gasteiger partial charge in [-0.15, -0.1) is 0 Å². The molecule has 194 valence electrons. The molecule has 12 heteroatoms. The number of carbonyl (C=O) groups excluding carboxylic acids is 1. The monoisotopic (exact) mass is 486 g/mol. The molecule has 1 fully saturated rings. The van der Waals surface area contributed by atoms with Gasteiger partial charge in [0.05, 0.1) is 51.0 Å². The maximum absolute atomic E-state index is 11.5. The lowest BCUT2D eigenvalue weighted by molar-refractivity contribution is -0.152. The first kappa shape index (κ1) is 28.1. The third-order valence-corrected chi connectivity index (χ3v) is 4.84. The summed E-state index contributed by atoms with van der Waals surface area (Å²) in [7, 11) is 0. The number of alkyl carbamates (subject to hydrolysis) is 1. The van der Waals surface area contributed by atoms with Crippen LogP contribution in [0.1, 0.15) is 32.9 Å². The quantitative estimate of drug-likeness (QED) is 0.236. The molecule has 0 aliphatic carbocycles. The fourth-order valence-corrected chi connectivity index (χ4v) is 3.17. The van der Waals surface area contributed by atoms with E-state index in [2.05, 4.69) is 20.6 Å². The molecule has 1 saturated heterocycles. The van der Waals surface area contributed by atoms with Crippen LogP contribution in [-0.2, 0) is 25.4 Å². The molecule has 0 spiro atoms. The second kappa shape index (κ2) is 14.3. The van der Waals surface area contributed by atoms with Crippen molar-refractivity contribution in [3.8, 4) is 0 Å². The summed E-state index contributed by atoms with van der Waals surface area (Å²) in [5, 5.41) is 35.0. The van der Waals surface area contributed by atoms with E-state index in [-0.39, 0.29) is 13.2 Å². The van der Waals surface area contributed by atoms with Gasteiger partial charge in [-0.2, -0.15) is 0 Å². The van der Waals surface area contributed by atoms with Crippen molar-refractivity contribution in [3.05, 3.63) is 18.1 Å². The predicted octanol–water partition coefficient (Wildman–Crippen LogP) is -0.139. The fraction of sp³-hybridized carbons (Fsp3) is 0.773. The topological polar surface area (TPSA) is 165 Å². The summed E-state index contributed by atoms with van der Waals surface area (Å²) >= 11 is 0. The molecule has 1 aromatic rings. The Balaban J connectivity index is 1.55. The first-order valence-electron chi connectivity index (χ1n) is 11.5. The van der Waals surface area contributed by atoms with Gasteiger partial charge in [0.15, 0.2) is 0 Å². The number of nitrogens with one attached hydrogen (secondary N) is 2. The Kier molecular flexibility index (Phi) is 11.9. The molecule has 0 bridgehead atoms. The van der Waals surface area contributed by atoms with Crippen LogP contribution in [0.3, 0.4) is 0 Å². The number of aliphatic hydroxyl groups excluding tert-OH is 3. The Morgan fingerprint density at radius 1 is 1.15 bits per heavy atom. The second-order valence-electron chi connectivity index (χ2n) is 8.94. The Labute approximate surface area is 200 Å². The minimum Gasteiger partial charge on any atom is -0.444 e. The first-order valence-corrected chi connectivity index (χ1v) is 11.5. The van der Waals surface area contributed by atoms with Gasteiger partial charge in [-0.1, -0.05) is 0 Å². The number of ether oxygens (including phenoxy) is 4. The van der Waals surface area contributed by atoms with Crippen molar-refractivity contribution in [2.24, 2.45) is 0 Å². The van der Waals surface area contributed by atoms with Crippen molar-refractivity contribution < 1.29 is 39.1 Å². The highest BCUT2D eigenvalue weighted by molar-refractivity contribution is 5.67. The summed E-state index contributed by atoms with van der Waals surface area (Å²) in [6, 6.07) is -0.565. The highest BCUT2D eigenvalue weighted by Crippen LogP contribution is 2.18. The van der Waals surface area contributed by atoms with Gasteiger partial charge in [-0.25, -0.2) is 9.78 Å². The Morgan fingerprint density at radius 2 is 1.88 bits per heavy atom. The number of hydrogen-bond acceptors (Lipinski definition) is 11. The molecule has 5 N–H and O–H groups in total. The molecular weight excluding hydrogens is 448 g/mol. The molecule has 34 heavy (non-hydrogen) atoms. The van der Waals surface area contributed by atoms with Crippen LogP contribution in [0.2, 0.25) is 0 Å². The number of aryl methyl sites for hydroxylation is 1. The van der Waals surface area contributed by atoms with E-state index in [1.165, 1.54) is 6.20 Å². The minimum absolute atomic E-state index is 0.127. The van der Waals surface area contributed by atoms with E-state index in [9.17, 15) is 15.0 Å². The van der Waals surface area contributed by atoms with E-state index >= 15 is 0 Å². The van der Waals surface area contributed by atoms with Gasteiger partial charge in [-0.05, 0) is 33.6 Å². The van der Waals surface area contributed by atoms with E-state index in [1.807, 2.05) is 0 Å². The van der Waals surface area contributed by atoms with Crippen LogP contribution in [-0.4, -0.2) is 108 Å². The summed E-state index contributed by atoms with van der Waals surface area (Å²) in [5.74, 6) is 0.467. The lowest BCUT2D eigenvalue weighted by Crippen LogP contribution is -2.56. The highest BCUT2D eigenvalue weighted by Gasteiger charge is 2.38. The lowest BCUT2D eigenvalue weighted by atomic mass is 9.98. The van der Waals surface area contributed by atoms with Crippen LogP contribution in [0.25, 0.3) is 0 Å². The van der Waals surface area contributed by atoms with Crippen LogP contribution in [0, 0.1) is 0 Å². The molecule has 0 unspecified atom stereocenters. The zero-order valence-electron chi connectivity index (χ0n) is 20.1. The van der Waals surface area contributed by atoms with Crippen LogP contribution in [0.15, 0.2) is 12.4 Å². The smallest absolute Gasteiger partial charge is 0.407 e. The number of aromatic nitrogens is 2. The number of amides is 1. The summed E-state index contributed by atoms with van der Waals surface area (Å²) < 4.78 is 21.5. The maximum atomic E-state index is 11.5. The van der Waals surface area contributed by atoms with Gasteiger partial charge < -0.3 is 44.9 Å². The molecule has 1 aliphatic heterocycles. The zero-order chi connectivity index (χ0) is 25.0. The molecular formula is C22H38N4O8.